The van der Waals surface area contributed by atoms with Gasteiger partial charge in [-0.15, -0.1) is 0 Å². The number of hydrogen-bond acceptors (Lipinski definition) is 3. The van der Waals surface area contributed by atoms with Crippen molar-refractivity contribution in [2.75, 3.05) is 13.2 Å². The zero-order valence-corrected chi connectivity index (χ0v) is 7.25. The van der Waals surface area contributed by atoms with Crippen molar-refractivity contribution in [2.45, 2.75) is 25.1 Å². The lowest BCUT2D eigenvalue weighted by Crippen LogP contribution is -2.21. The number of aliphatic hydroxyl groups excluding tert-OH is 1. The van der Waals surface area contributed by atoms with Gasteiger partial charge in [-0.2, -0.15) is 13.2 Å². The van der Waals surface area contributed by atoms with Crippen molar-refractivity contribution in [3.05, 3.63) is 0 Å². The molecule has 0 radical (unpaired) electrons. The Labute approximate surface area is 78.3 Å². The summed E-state index contributed by atoms with van der Waals surface area (Å²) in [6.07, 6.45) is -2.78. The number of ether oxygens (including phenoxy) is 1. The summed E-state index contributed by atoms with van der Waals surface area (Å²) in [6, 6.07) is 0. The average Bonchev–Trinajstić information content (AvgIpc) is 2.54. The number of hydrogen-bond donors (Lipinski definition) is 2. The van der Waals surface area contributed by atoms with E-state index in [0.717, 1.165) is 19.4 Å². The Morgan fingerprint density at radius 3 is 2.14 bits per heavy atom. The van der Waals surface area contributed by atoms with Gasteiger partial charge in [0.15, 0.2) is 0 Å². The first-order valence-corrected chi connectivity index (χ1v) is 3.90. The molecule has 0 aromatic rings. The van der Waals surface area contributed by atoms with Crippen LogP contribution in [0.2, 0.25) is 0 Å². The van der Waals surface area contributed by atoms with E-state index in [-0.39, 0.29) is 12.7 Å². The van der Waals surface area contributed by atoms with E-state index in [1.54, 1.807) is 0 Å². The Kier molecular flexibility index (Phi) is 5.47. The van der Waals surface area contributed by atoms with Crippen LogP contribution in [0.15, 0.2) is 0 Å². The van der Waals surface area contributed by atoms with E-state index in [2.05, 4.69) is 0 Å². The van der Waals surface area contributed by atoms with Crippen molar-refractivity contribution in [2.24, 2.45) is 0 Å². The van der Waals surface area contributed by atoms with E-state index in [9.17, 15) is 13.2 Å². The molecule has 0 aliphatic carbocycles. The van der Waals surface area contributed by atoms with Crippen LogP contribution in [0, 0.1) is 0 Å². The number of rotatable bonds is 1. The summed E-state index contributed by atoms with van der Waals surface area (Å²) in [4.78, 5) is 8.90. The number of halogens is 3. The first kappa shape index (κ1) is 13.2. The summed E-state index contributed by atoms with van der Waals surface area (Å²) in [5.41, 5.74) is 0. The highest BCUT2D eigenvalue weighted by molar-refractivity contribution is 5.73. The summed E-state index contributed by atoms with van der Waals surface area (Å²) in [5.74, 6) is -2.76. The molecule has 1 rings (SSSR count). The first-order chi connectivity index (χ1) is 6.38. The fourth-order valence-corrected chi connectivity index (χ4v) is 0.788. The molecule has 1 unspecified atom stereocenters. The molecule has 14 heavy (non-hydrogen) atoms. The Bertz CT molecular complexity index is 174. The molecule has 0 spiro atoms. The smallest absolute Gasteiger partial charge is 0.475 e. The molecular weight excluding hydrogens is 205 g/mol. The largest absolute Gasteiger partial charge is 0.490 e. The quantitative estimate of drug-likeness (QED) is 0.680. The molecule has 1 aliphatic heterocycles. The zero-order valence-electron chi connectivity index (χ0n) is 7.25. The maximum Gasteiger partial charge on any atom is 0.490 e. The van der Waals surface area contributed by atoms with Gasteiger partial charge in [-0.1, -0.05) is 0 Å². The van der Waals surface area contributed by atoms with Crippen molar-refractivity contribution in [3.8, 4) is 0 Å². The number of carbonyl (C=O) groups is 1. The monoisotopic (exact) mass is 216 g/mol. The van der Waals surface area contributed by atoms with Crippen LogP contribution in [0.4, 0.5) is 13.2 Å². The number of carboxylic acids is 1. The first-order valence-electron chi connectivity index (χ1n) is 3.90. The minimum absolute atomic E-state index is 0.153. The molecule has 0 bridgehead atoms. The molecule has 4 nitrogen and oxygen atoms in total. The Morgan fingerprint density at radius 2 is 2.00 bits per heavy atom. The van der Waals surface area contributed by atoms with Gasteiger partial charge in [0.25, 0.3) is 0 Å². The average molecular weight is 216 g/mol. The number of alkyl halides is 3. The molecule has 1 heterocycles. The van der Waals surface area contributed by atoms with Crippen molar-refractivity contribution in [1.29, 1.82) is 0 Å². The molecule has 1 aliphatic rings. The SMILES string of the molecule is O=C(O)C(F)(F)F.OCC1CCCO1. The van der Waals surface area contributed by atoms with Crippen LogP contribution in [0.5, 0.6) is 0 Å². The second-order valence-corrected chi connectivity index (χ2v) is 2.62. The molecule has 1 saturated heterocycles. The summed E-state index contributed by atoms with van der Waals surface area (Å²) in [6.45, 7) is 1.03. The van der Waals surface area contributed by atoms with E-state index in [4.69, 9.17) is 19.7 Å². The zero-order chi connectivity index (χ0) is 11.2. The van der Waals surface area contributed by atoms with Crippen molar-refractivity contribution in [3.63, 3.8) is 0 Å². The number of aliphatic hydroxyl groups is 1. The molecule has 7 heteroatoms. The van der Waals surface area contributed by atoms with E-state index >= 15 is 0 Å². The maximum atomic E-state index is 10.6. The second-order valence-electron chi connectivity index (χ2n) is 2.62. The lowest BCUT2D eigenvalue weighted by atomic mass is 10.2. The van der Waals surface area contributed by atoms with E-state index < -0.39 is 12.1 Å². The number of aliphatic carboxylic acids is 1. The predicted octanol–water partition coefficient (Wildman–Crippen LogP) is 0.791. The molecule has 1 atom stereocenters. The summed E-state index contributed by atoms with van der Waals surface area (Å²) in [7, 11) is 0. The normalized spacial score (nSPS) is 21.3. The topological polar surface area (TPSA) is 66.8 Å². The molecule has 1 fully saturated rings. The van der Waals surface area contributed by atoms with Crippen LogP contribution in [-0.4, -0.2) is 41.7 Å². The highest BCUT2D eigenvalue weighted by atomic mass is 19.4. The molecule has 2 N–H and O–H groups in total. The Hall–Kier alpha value is -0.820. The molecule has 0 aromatic heterocycles. The van der Waals surface area contributed by atoms with Crippen LogP contribution in [0.25, 0.3) is 0 Å². The van der Waals surface area contributed by atoms with E-state index in [0.29, 0.717) is 0 Å². The van der Waals surface area contributed by atoms with Gasteiger partial charge in [0.1, 0.15) is 0 Å². The molecule has 0 saturated carbocycles. The van der Waals surface area contributed by atoms with Gasteiger partial charge >= 0.3 is 12.1 Å². The number of carboxylic acid groups (broad SMARTS) is 1. The van der Waals surface area contributed by atoms with Crippen molar-refractivity contribution < 1.29 is 32.9 Å². The highest BCUT2D eigenvalue weighted by Gasteiger charge is 2.38. The predicted molar refractivity (Wildman–Crippen MR) is 39.8 cm³/mol. The summed E-state index contributed by atoms with van der Waals surface area (Å²) >= 11 is 0. The van der Waals surface area contributed by atoms with Gasteiger partial charge in [0.05, 0.1) is 12.7 Å². The molecule has 84 valence electrons. The van der Waals surface area contributed by atoms with E-state index in [1.165, 1.54) is 0 Å². The third-order valence-electron chi connectivity index (χ3n) is 1.47. The minimum Gasteiger partial charge on any atom is -0.475 e. The van der Waals surface area contributed by atoms with Gasteiger partial charge in [0.2, 0.25) is 0 Å². The maximum absolute atomic E-state index is 10.6. The van der Waals surface area contributed by atoms with E-state index in [1.807, 2.05) is 0 Å². The van der Waals surface area contributed by atoms with Crippen molar-refractivity contribution >= 4 is 5.97 Å². The van der Waals surface area contributed by atoms with Crippen LogP contribution < -0.4 is 0 Å². The third-order valence-corrected chi connectivity index (χ3v) is 1.47. The fourth-order valence-electron chi connectivity index (χ4n) is 0.788. The highest BCUT2D eigenvalue weighted by Crippen LogP contribution is 2.13. The van der Waals surface area contributed by atoms with Gasteiger partial charge in [0, 0.05) is 6.61 Å². The van der Waals surface area contributed by atoms with Gasteiger partial charge in [-0.3, -0.25) is 0 Å². The third kappa shape index (κ3) is 5.76. The van der Waals surface area contributed by atoms with Gasteiger partial charge < -0.3 is 14.9 Å². The summed E-state index contributed by atoms with van der Waals surface area (Å²) in [5, 5.41) is 15.6. The lowest BCUT2D eigenvalue weighted by Gasteiger charge is -2.00. The standard InChI is InChI=1S/C5H10O2.C2HF3O2/c6-4-5-2-1-3-7-5;3-2(4,5)1(6)7/h5-6H,1-4H2;(H,6,7). The molecule has 0 amide bonds. The summed E-state index contributed by atoms with van der Waals surface area (Å²) < 4.78 is 36.8. The Morgan fingerprint density at radius 1 is 1.50 bits per heavy atom. The minimum atomic E-state index is -5.08. The Balaban J connectivity index is 0.000000241. The molecular formula is C7H11F3O4. The van der Waals surface area contributed by atoms with Crippen LogP contribution in [-0.2, 0) is 9.53 Å². The fraction of sp³-hybridized carbons (Fsp3) is 0.857. The van der Waals surface area contributed by atoms with Gasteiger partial charge in [-0.25, -0.2) is 4.79 Å². The van der Waals surface area contributed by atoms with Gasteiger partial charge in [-0.05, 0) is 12.8 Å². The van der Waals surface area contributed by atoms with Crippen LogP contribution in [0.3, 0.4) is 0 Å². The lowest BCUT2D eigenvalue weighted by molar-refractivity contribution is -0.192. The second kappa shape index (κ2) is 5.82. The molecule has 0 aromatic carbocycles. The van der Waals surface area contributed by atoms with Crippen LogP contribution in [0.1, 0.15) is 12.8 Å². The van der Waals surface area contributed by atoms with Crippen molar-refractivity contribution in [1.82, 2.24) is 0 Å². The van der Waals surface area contributed by atoms with Crippen LogP contribution >= 0.6 is 0 Å².